The highest BCUT2D eigenvalue weighted by molar-refractivity contribution is 14.1. The monoisotopic (exact) mass is 319 g/mol. The molecule has 0 amide bonds. The summed E-state index contributed by atoms with van der Waals surface area (Å²) in [6, 6.07) is 4.21. The molecular formula is C10H7FINO2. The molecule has 0 N–H and O–H groups in total. The quantitative estimate of drug-likeness (QED) is 0.622. The number of benzene rings is 1. The van der Waals surface area contributed by atoms with Crippen LogP contribution in [0.1, 0.15) is 22.8 Å². The topological polar surface area (TPSA) is 50.1 Å². The van der Waals surface area contributed by atoms with Gasteiger partial charge in [0.1, 0.15) is 11.9 Å². The van der Waals surface area contributed by atoms with Crippen LogP contribution in [-0.2, 0) is 4.74 Å². The van der Waals surface area contributed by atoms with Crippen molar-refractivity contribution < 1.29 is 13.9 Å². The van der Waals surface area contributed by atoms with Crippen LogP contribution in [0.5, 0.6) is 0 Å². The van der Waals surface area contributed by atoms with E-state index >= 15 is 0 Å². The summed E-state index contributed by atoms with van der Waals surface area (Å²) >= 11 is 1.72. The third-order valence-corrected chi connectivity index (χ3v) is 2.76. The van der Waals surface area contributed by atoms with E-state index in [0.29, 0.717) is 0 Å². The van der Waals surface area contributed by atoms with E-state index in [4.69, 9.17) is 10.00 Å². The summed E-state index contributed by atoms with van der Waals surface area (Å²) in [6.07, 6.45) is 0. The Morgan fingerprint density at radius 1 is 1.67 bits per heavy atom. The van der Waals surface area contributed by atoms with Gasteiger partial charge in [-0.3, -0.25) is 0 Å². The van der Waals surface area contributed by atoms with Gasteiger partial charge in [0, 0.05) is 0 Å². The molecule has 78 valence electrons. The Kier molecular flexibility index (Phi) is 4.03. The van der Waals surface area contributed by atoms with Gasteiger partial charge in [0.05, 0.1) is 21.3 Å². The Morgan fingerprint density at radius 3 is 2.87 bits per heavy atom. The van der Waals surface area contributed by atoms with Crippen molar-refractivity contribution in [1.29, 1.82) is 5.26 Å². The average molecular weight is 319 g/mol. The number of esters is 1. The molecule has 0 radical (unpaired) electrons. The summed E-state index contributed by atoms with van der Waals surface area (Å²) in [5, 5.41) is 8.71. The van der Waals surface area contributed by atoms with Crippen LogP contribution in [0.25, 0.3) is 0 Å². The molecule has 0 aromatic heterocycles. The summed E-state index contributed by atoms with van der Waals surface area (Å²) in [4.78, 5) is 11.3. The van der Waals surface area contributed by atoms with Gasteiger partial charge < -0.3 is 4.74 Å². The first kappa shape index (κ1) is 11.9. The summed E-state index contributed by atoms with van der Waals surface area (Å²) in [7, 11) is 0. The van der Waals surface area contributed by atoms with Crippen molar-refractivity contribution in [3.8, 4) is 6.07 Å². The van der Waals surface area contributed by atoms with Crippen LogP contribution in [0.15, 0.2) is 12.1 Å². The summed E-state index contributed by atoms with van der Waals surface area (Å²) < 4.78 is 18.2. The molecule has 5 heteroatoms. The fraction of sp³-hybridized carbons (Fsp3) is 0.200. The normalized spacial score (nSPS) is 9.47. The molecule has 1 aromatic rings. The lowest BCUT2D eigenvalue weighted by molar-refractivity contribution is 0.0525. The third kappa shape index (κ3) is 2.65. The molecule has 0 aliphatic rings. The number of hydrogen-bond donors (Lipinski definition) is 0. The van der Waals surface area contributed by atoms with Crippen LogP contribution in [0.3, 0.4) is 0 Å². The van der Waals surface area contributed by atoms with Crippen LogP contribution < -0.4 is 0 Å². The van der Waals surface area contributed by atoms with E-state index < -0.39 is 11.8 Å². The van der Waals surface area contributed by atoms with Crippen LogP contribution in [0.4, 0.5) is 4.39 Å². The maximum absolute atomic E-state index is 13.3. The fourth-order valence-corrected chi connectivity index (χ4v) is 1.43. The average Bonchev–Trinajstić information content (AvgIpc) is 2.22. The first-order chi connectivity index (χ1) is 7.10. The molecule has 0 heterocycles. The molecule has 0 saturated heterocycles. The summed E-state index contributed by atoms with van der Waals surface area (Å²) in [5.41, 5.74) is 0.199. The molecule has 1 rings (SSSR count). The summed E-state index contributed by atoms with van der Waals surface area (Å²) in [5.74, 6) is -1.21. The second-order valence-electron chi connectivity index (χ2n) is 2.65. The van der Waals surface area contributed by atoms with E-state index in [2.05, 4.69) is 0 Å². The number of hydrogen-bond acceptors (Lipinski definition) is 3. The molecule has 0 atom stereocenters. The SMILES string of the molecule is CCOC(=O)c1cc(F)c(I)c(C#N)c1. The van der Waals surface area contributed by atoms with Crippen molar-refractivity contribution in [2.75, 3.05) is 6.61 Å². The molecule has 0 spiro atoms. The van der Waals surface area contributed by atoms with E-state index in [1.54, 1.807) is 29.5 Å². The molecule has 0 aliphatic carbocycles. The summed E-state index contributed by atoms with van der Waals surface area (Å²) in [6.45, 7) is 1.88. The van der Waals surface area contributed by atoms with Crippen LogP contribution in [0, 0.1) is 20.7 Å². The standard InChI is InChI=1S/C10H7FINO2/c1-2-15-10(14)6-3-7(5-13)9(12)8(11)4-6/h3-4H,2H2,1H3. The smallest absolute Gasteiger partial charge is 0.338 e. The van der Waals surface area contributed by atoms with Gasteiger partial charge in [-0.25, -0.2) is 9.18 Å². The van der Waals surface area contributed by atoms with Crippen molar-refractivity contribution in [3.05, 3.63) is 32.6 Å². The van der Waals surface area contributed by atoms with Crippen molar-refractivity contribution in [2.45, 2.75) is 6.92 Å². The number of nitriles is 1. The van der Waals surface area contributed by atoms with Crippen LogP contribution in [0.2, 0.25) is 0 Å². The number of carbonyl (C=O) groups excluding carboxylic acids is 1. The van der Waals surface area contributed by atoms with Crippen molar-refractivity contribution in [1.82, 2.24) is 0 Å². The maximum Gasteiger partial charge on any atom is 0.338 e. The zero-order valence-electron chi connectivity index (χ0n) is 7.88. The zero-order chi connectivity index (χ0) is 11.4. The Hall–Kier alpha value is -1.16. The van der Waals surface area contributed by atoms with E-state index in [1.165, 1.54) is 6.07 Å². The first-order valence-electron chi connectivity index (χ1n) is 4.16. The molecule has 0 unspecified atom stereocenters. The third-order valence-electron chi connectivity index (χ3n) is 1.66. The van der Waals surface area contributed by atoms with E-state index in [0.717, 1.165) is 6.07 Å². The second kappa shape index (κ2) is 5.07. The maximum atomic E-state index is 13.3. The Labute approximate surface area is 100.0 Å². The Balaban J connectivity index is 3.18. The van der Waals surface area contributed by atoms with Gasteiger partial charge in [-0.05, 0) is 41.6 Å². The molecular weight excluding hydrogens is 312 g/mol. The Morgan fingerprint density at radius 2 is 2.33 bits per heavy atom. The molecule has 0 aliphatic heterocycles. The van der Waals surface area contributed by atoms with Crippen molar-refractivity contribution in [3.63, 3.8) is 0 Å². The van der Waals surface area contributed by atoms with Gasteiger partial charge in [-0.2, -0.15) is 5.26 Å². The van der Waals surface area contributed by atoms with Gasteiger partial charge in [0.25, 0.3) is 0 Å². The van der Waals surface area contributed by atoms with Gasteiger partial charge >= 0.3 is 5.97 Å². The number of halogens is 2. The van der Waals surface area contributed by atoms with E-state index in [9.17, 15) is 9.18 Å². The highest BCUT2D eigenvalue weighted by Crippen LogP contribution is 2.18. The molecule has 15 heavy (non-hydrogen) atoms. The first-order valence-corrected chi connectivity index (χ1v) is 5.24. The predicted octanol–water partition coefficient (Wildman–Crippen LogP) is 2.48. The predicted molar refractivity (Wildman–Crippen MR) is 59.8 cm³/mol. The molecule has 0 saturated carbocycles. The van der Waals surface area contributed by atoms with Crippen LogP contribution in [-0.4, -0.2) is 12.6 Å². The van der Waals surface area contributed by atoms with Gasteiger partial charge in [-0.15, -0.1) is 0 Å². The minimum Gasteiger partial charge on any atom is -0.462 e. The van der Waals surface area contributed by atoms with Crippen molar-refractivity contribution in [2.24, 2.45) is 0 Å². The second-order valence-corrected chi connectivity index (χ2v) is 3.73. The zero-order valence-corrected chi connectivity index (χ0v) is 10.0. The lowest BCUT2D eigenvalue weighted by Gasteiger charge is -2.03. The number of carbonyl (C=O) groups is 1. The van der Waals surface area contributed by atoms with E-state index in [-0.39, 0.29) is 21.3 Å². The van der Waals surface area contributed by atoms with Crippen molar-refractivity contribution >= 4 is 28.6 Å². The fourth-order valence-electron chi connectivity index (χ4n) is 1.00. The van der Waals surface area contributed by atoms with Gasteiger partial charge in [0.15, 0.2) is 0 Å². The Bertz CT molecular complexity index is 440. The lowest BCUT2D eigenvalue weighted by Crippen LogP contribution is -2.06. The van der Waals surface area contributed by atoms with E-state index in [1.807, 2.05) is 6.07 Å². The number of rotatable bonds is 2. The number of nitrogens with zero attached hydrogens (tertiary/aromatic N) is 1. The lowest BCUT2D eigenvalue weighted by atomic mass is 10.1. The highest BCUT2D eigenvalue weighted by Gasteiger charge is 2.13. The molecule has 0 bridgehead atoms. The molecule has 0 fully saturated rings. The minimum absolute atomic E-state index is 0.0614. The molecule has 3 nitrogen and oxygen atoms in total. The van der Waals surface area contributed by atoms with Gasteiger partial charge in [-0.1, -0.05) is 0 Å². The van der Waals surface area contributed by atoms with Crippen LogP contribution >= 0.6 is 22.6 Å². The highest BCUT2D eigenvalue weighted by atomic mass is 127. The minimum atomic E-state index is -0.621. The molecule has 1 aromatic carbocycles. The largest absolute Gasteiger partial charge is 0.462 e. The number of ether oxygens (including phenoxy) is 1. The van der Waals surface area contributed by atoms with Gasteiger partial charge in [0.2, 0.25) is 0 Å².